The fourth-order valence-electron chi connectivity index (χ4n) is 4.03. The van der Waals surface area contributed by atoms with Crippen LogP contribution in [0.5, 0.6) is 5.88 Å². The average molecular weight is 516 g/mol. The molecule has 6 nitrogen and oxygen atoms in total. The van der Waals surface area contributed by atoms with Gasteiger partial charge >= 0.3 is 0 Å². The van der Waals surface area contributed by atoms with E-state index in [1.54, 1.807) is 0 Å². The van der Waals surface area contributed by atoms with Crippen molar-refractivity contribution in [2.24, 2.45) is 4.99 Å². The van der Waals surface area contributed by atoms with E-state index in [9.17, 15) is 0 Å². The third kappa shape index (κ3) is 7.92. The number of hydrogen-bond acceptors (Lipinski definition) is 4. The molecule has 1 N–H and O–H groups in total. The topological polar surface area (TPSA) is 59.0 Å². The first-order chi connectivity index (χ1) is 13.8. The van der Waals surface area contributed by atoms with Crippen molar-refractivity contribution in [1.82, 2.24) is 15.2 Å². The van der Waals surface area contributed by atoms with Crippen LogP contribution in [-0.2, 0) is 11.3 Å². The monoisotopic (exact) mass is 516 g/mol. The minimum atomic E-state index is 0. The van der Waals surface area contributed by atoms with Crippen molar-refractivity contribution in [1.29, 1.82) is 0 Å². The Kier molecular flexibility index (Phi) is 11.1. The van der Waals surface area contributed by atoms with Gasteiger partial charge in [0.2, 0.25) is 5.88 Å². The van der Waals surface area contributed by atoms with Gasteiger partial charge in [-0.25, -0.2) is 9.98 Å². The van der Waals surface area contributed by atoms with Gasteiger partial charge in [0.15, 0.2) is 5.96 Å². The van der Waals surface area contributed by atoms with Gasteiger partial charge in [0.1, 0.15) is 6.10 Å². The van der Waals surface area contributed by atoms with Crippen molar-refractivity contribution in [3.8, 4) is 5.88 Å². The number of ether oxygens (including phenoxy) is 2. The van der Waals surface area contributed by atoms with Crippen LogP contribution in [-0.4, -0.2) is 54.3 Å². The van der Waals surface area contributed by atoms with Crippen LogP contribution in [0.3, 0.4) is 0 Å². The van der Waals surface area contributed by atoms with E-state index in [0.717, 1.165) is 69.3 Å². The molecule has 2 aliphatic rings. The Morgan fingerprint density at radius 3 is 2.59 bits per heavy atom. The normalized spacial score (nSPS) is 19.0. The lowest BCUT2D eigenvalue weighted by molar-refractivity contribution is 0.0263. The molecule has 29 heavy (non-hydrogen) atoms. The summed E-state index contributed by atoms with van der Waals surface area (Å²) in [7, 11) is 0. The Labute approximate surface area is 192 Å². The second-order valence-electron chi connectivity index (χ2n) is 7.69. The predicted octanol–water partition coefficient (Wildman–Crippen LogP) is 4.38. The lowest BCUT2D eigenvalue weighted by Crippen LogP contribution is -2.47. The smallest absolute Gasteiger partial charge is 0.213 e. The molecule has 1 aliphatic carbocycles. The van der Waals surface area contributed by atoms with Crippen LogP contribution >= 0.6 is 24.0 Å². The molecular formula is C22H37IN4O2. The van der Waals surface area contributed by atoms with Crippen molar-refractivity contribution in [2.75, 3.05) is 26.2 Å². The Bertz CT molecular complexity index is 615. The molecule has 7 heteroatoms. The van der Waals surface area contributed by atoms with Gasteiger partial charge in [-0.1, -0.05) is 6.42 Å². The van der Waals surface area contributed by atoms with Crippen molar-refractivity contribution in [3.05, 3.63) is 23.9 Å². The number of hydrogen-bond donors (Lipinski definition) is 1. The minimum absolute atomic E-state index is 0. The first-order valence-electron chi connectivity index (χ1n) is 11.0. The van der Waals surface area contributed by atoms with E-state index in [0.29, 0.717) is 18.8 Å². The Balaban J connectivity index is 0.00000300. The Hall–Kier alpha value is -1.09. The second kappa shape index (κ2) is 13.3. The fraction of sp³-hybridized carbons (Fsp3) is 0.727. The largest absolute Gasteiger partial charge is 0.474 e. The maximum atomic E-state index is 6.10. The molecule has 0 bridgehead atoms. The summed E-state index contributed by atoms with van der Waals surface area (Å²) in [5, 5.41) is 3.44. The van der Waals surface area contributed by atoms with Gasteiger partial charge in [-0.2, -0.15) is 0 Å². The molecular weight excluding hydrogens is 479 g/mol. The highest BCUT2D eigenvalue weighted by Crippen LogP contribution is 2.23. The van der Waals surface area contributed by atoms with Gasteiger partial charge < -0.3 is 19.7 Å². The highest BCUT2D eigenvalue weighted by molar-refractivity contribution is 14.0. The molecule has 1 aromatic rings. The molecule has 0 radical (unpaired) electrons. The van der Waals surface area contributed by atoms with Gasteiger partial charge in [0.05, 0.1) is 12.6 Å². The number of likely N-dealkylation sites (tertiary alicyclic amines) is 1. The standard InChI is InChI=1S/C22H36N4O2.HI/c1-3-23-22(26-14-11-19(12-15-26)27-4-2)25-17-18-10-13-24-21(16-18)28-20-8-6-5-7-9-20;/h10,13,16,19-20H,3-9,11-12,14-15,17H2,1-2H3,(H,23,25);1H. The molecule has 0 unspecified atom stereocenters. The number of nitrogens with one attached hydrogen (secondary N) is 1. The van der Waals surface area contributed by atoms with Crippen LogP contribution in [0, 0.1) is 0 Å². The average Bonchev–Trinajstić information content (AvgIpc) is 2.73. The molecule has 0 aromatic carbocycles. The highest BCUT2D eigenvalue weighted by atomic mass is 127. The number of rotatable bonds is 7. The fourth-order valence-corrected chi connectivity index (χ4v) is 4.03. The maximum absolute atomic E-state index is 6.10. The van der Waals surface area contributed by atoms with E-state index in [2.05, 4.69) is 29.0 Å². The lowest BCUT2D eigenvalue weighted by atomic mass is 9.98. The van der Waals surface area contributed by atoms with Crippen LogP contribution < -0.4 is 10.1 Å². The van der Waals surface area contributed by atoms with E-state index < -0.39 is 0 Å². The SMILES string of the molecule is CCNC(=NCc1ccnc(OC2CCCCC2)c1)N1CCC(OCC)CC1.I. The molecule has 1 saturated heterocycles. The Morgan fingerprint density at radius 2 is 1.90 bits per heavy atom. The maximum Gasteiger partial charge on any atom is 0.213 e. The number of aromatic nitrogens is 1. The van der Waals surface area contributed by atoms with Gasteiger partial charge in [-0.3, -0.25) is 0 Å². The number of nitrogens with zero attached hydrogens (tertiary/aromatic N) is 3. The summed E-state index contributed by atoms with van der Waals surface area (Å²) in [5.74, 6) is 1.73. The molecule has 3 rings (SSSR count). The van der Waals surface area contributed by atoms with Crippen LogP contribution in [0.1, 0.15) is 64.4 Å². The zero-order chi connectivity index (χ0) is 19.6. The molecule has 1 aromatic heterocycles. The molecule has 164 valence electrons. The number of piperidine rings is 1. The van der Waals surface area contributed by atoms with E-state index in [-0.39, 0.29) is 24.0 Å². The Morgan fingerprint density at radius 1 is 1.14 bits per heavy atom. The summed E-state index contributed by atoms with van der Waals surface area (Å²) in [4.78, 5) is 11.6. The highest BCUT2D eigenvalue weighted by Gasteiger charge is 2.21. The van der Waals surface area contributed by atoms with E-state index in [4.69, 9.17) is 14.5 Å². The molecule has 0 spiro atoms. The molecule has 1 saturated carbocycles. The zero-order valence-corrected chi connectivity index (χ0v) is 20.3. The first-order valence-corrected chi connectivity index (χ1v) is 11.0. The van der Waals surface area contributed by atoms with E-state index in [1.807, 2.05) is 18.3 Å². The summed E-state index contributed by atoms with van der Waals surface area (Å²) >= 11 is 0. The number of aliphatic imine (C=N–C) groups is 1. The van der Waals surface area contributed by atoms with E-state index in [1.165, 1.54) is 19.3 Å². The number of pyridine rings is 1. The van der Waals surface area contributed by atoms with Crippen LogP contribution in [0.2, 0.25) is 0 Å². The third-order valence-electron chi connectivity index (χ3n) is 5.53. The molecule has 0 amide bonds. The minimum Gasteiger partial charge on any atom is -0.474 e. The van der Waals surface area contributed by atoms with Crippen LogP contribution in [0.25, 0.3) is 0 Å². The molecule has 2 fully saturated rings. The second-order valence-corrected chi connectivity index (χ2v) is 7.69. The van der Waals surface area contributed by atoms with Gasteiger partial charge in [0.25, 0.3) is 0 Å². The lowest BCUT2D eigenvalue weighted by Gasteiger charge is -2.34. The van der Waals surface area contributed by atoms with Crippen LogP contribution in [0.15, 0.2) is 23.3 Å². The zero-order valence-electron chi connectivity index (χ0n) is 17.9. The summed E-state index contributed by atoms with van der Waals surface area (Å²) in [6.45, 7) is 8.47. The number of halogens is 1. The van der Waals surface area contributed by atoms with Gasteiger partial charge in [-0.05, 0) is 64.0 Å². The van der Waals surface area contributed by atoms with Crippen molar-refractivity contribution >= 4 is 29.9 Å². The number of guanidine groups is 1. The quantitative estimate of drug-likeness (QED) is 0.331. The van der Waals surface area contributed by atoms with Crippen molar-refractivity contribution in [2.45, 2.75) is 77.5 Å². The molecule has 1 aliphatic heterocycles. The molecule has 0 atom stereocenters. The van der Waals surface area contributed by atoms with Crippen LogP contribution in [0.4, 0.5) is 0 Å². The molecule has 2 heterocycles. The van der Waals surface area contributed by atoms with Crippen molar-refractivity contribution < 1.29 is 9.47 Å². The first kappa shape index (κ1) is 24.2. The summed E-state index contributed by atoms with van der Waals surface area (Å²) in [6, 6.07) is 4.07. The van der Waals surface area contributed by atoms with Gasteiger partial charge in [-0.15, -0.1) is 24.0 Å². The van der Waals surface area contributed by atoms with E-state index >= 15 is 0 Å². The third-order valence-corrected chi connectivity index (χ3v) is 5.53. The summed E-state index contributed by atoms with van der Waals surface area (Å²) in [5.41, 5.74) is 1.14. The van der Waals surface area contributed by atoms with Gasteiger partial charge in [0, 0.05) is 38.5 Å². The van der Waals surface area contributed by atoms with Crippen molar-refractivity contribution in [3.63, 3.8) is 0 Å². The predicted molar refractivity (Wildman–Crippen MR) is 128 cm³/mol. The summed E-state index contributed by atoms with van der Waals surface area (Å²) in [6.07, 6.45) is 10.8. The summed E-state index contributed by atoms with van der Waals surface area (Å²) < 4.78 is 11.9.